The van der Waals surface area contributed by atoms with Crippen molar-refractivity contribution in [2.45, 2.75) is 31.2 Å². The molecule has 1 saturated heterocycles. The van der Waals surface area contributed by atoms with Crippen molar-refractivity contribution in [1.82, 2.24) is 4.90 Å². The monoisotopic (exact) mass is 190 g/mol. The fourth-order valence-electron chi connectivity index (χ4n) is 1.41. The van der Waals surface area contributed by atoms with Crippen molar-refractivity contribution >= 4 is 17.5 Å². The Labute approximate surface area is 77.9 Å². The van der Waals surface area contributed by atoms with Gasteiger partial charge >= 0.3 is 0 Å². The molecule has 1 fully saturated rings. The number of nitrogens with zero attached hydrogens (tertiary/aromatic N) is 1. The Hall–Kier alpha value is -0.280. The molecule has 1 heterocycles. The Morgan fingerprint density at radius 3 is 2.92 bits per heavy atom. The first-order valence-corrected chi connectivity index (χ1v) is 4.73. The lowest BCUT2D eigenvalue weighted by Crippen LogP contribution is -2.47. The standard InChI is InChI=1S/C8H15ClN2O/c1-6(10)8(12)11-4-2-3-7(9)5-11/h6-7H,2-5,10H2,1H3/t6-,7?/m0/s1. The molecule has 70 valence electrons. The van der Waals surface area contributed by atoms with Gasteiger partial charge in [-0.1, -0.05) is 0 Å². The first-order valence-electron chi connectivity index (χ1n) is 4.29. The summed E-state index contributed by atoms with van der Waals surface area (Å²) in [6.45, 7) is 3.17. The van der Waals surface area contributed by atoms with Crippen LogP contribution in [0.1, 0.15) is 19.8 Å². The summed E-state index contributed by atoms with van der Waals surface area (Å²) >= 11 is 5.93. The number of rotatable bonds is 1. The first kappa shape index (κ1) is 9.81. The number of alkyl halides is 1. The lowest BCUT2D eigenvalue weighted by molar-refractivity contribution is -0.132. The van der Waals surface area contributed by atoms with Gasteiger partial charge in [0.1, 0.15) is 0 Å². The van der Waals surface area contributed by atoms with Gasteiger partial charge in [0.05, 0.1) is 11.4 Å². The Morgan fingerprint density at radius 2 is 2.42 bits per heavy atom. The maximum absolute atomic E-state index is 11.4. The van der Waals surface area contributed by atoms with E-state index in [9.17, 15) is 4.79 Å². The van der Waals surface area contributed by atoms with Gasteiger partial charge in [0, 0.05) is 13.1 Å². The van der Waals surface area contributed by atoms with Crippen LogP contribution < -0.4 is 5.73 Å². The second-order valence-corrected chi connectivity index (χ2v) is 3.93. The molecule has 0 aromatic rings. The topological polar surface area (TPSA) is 46.3 Å². The van der Waals surface area contributed by atoms with Gasteiger partial charge in [-0.15, -0.1) is 11.6 Å². The highest BCUT2D eigenvalue weighted by atomic mass is 35.5. The van der Waals surface area contributed by atoms with Crippen LogP contribution in [0.3, 0.4) is 0 Å². The minimum Gasteiger partial charge on any atom is -0.340 e. The van der Waals surface area contributed by atoms with Crippen molar-refractivity contribution in [2.75, 3.05) is 13.1 Å². The highest BCUT2D eigenvalue weighted by molar-refractivity contribution is 6.20. The summed E-state index contributed by atoms with van der Waals surface area (Å²) in [5, 5.41) is 0.112. The number of halogens is 1. The van der Waals surface area contributed by atoms with Crippen molar-refractivity contribution < 1.29 is 4.79 Å². The molecule has 2 atom stereocenters. The van der Waals surface area contributed by atoms with Gasteiger partial charge in [0.15, 0.2) is 0 Å². The summed E-state index contributed by atoms with van der Waals surface area (Å²) in [5.41, 5.74) is 5.48. The third kappa shape index (κ3) is 2.35. The van der Waals surface area contributed by atoms with Crippen molar-refractivity contribution in [2.24, 2.45) is 5.73 Å². The smallest absolute Gasteiger partial charge is 0.239 e. The van der Waals surface area contributed by atoms with Crippen LogP contribution in [0.25, 0.3) is 0 Å². The average molecular weight is 191 g/mol. The predicted octanol–water partition coefficient (Wildman–Crippen LogP) is 0.563. The van der Waals surface area contributed by atoms with E-state index < -0.39 is 6.04 Å². The molecule has 0 aliphatic carbocycles. The van der Waals surface area contributed by atoms with Gasteiger partial charge in [-0.3, -0.25) is 4.79 Å². The molecule has 4 heteroatoms. The van der Waals surface area contributed by atoms with E-state index in [0.29, 0.717) is 6.54 Å². The molecule has 0 aromatic heterocycles. The van der Waals surface area contributed by atoms with E-state index in [-0.39, 0.29) is 11.3 Å². The summed E-state index contributed by atoms with van der Waals surface area (Å²) in [6, 6.07) is -0.396. The average Bonchev–Trinajstić information content (AvgIpc) is 2.03. The molecule has 3 nitrogen and oxygen atoms in total. The van der Waals surface area contributed by atoms with Crippen molar-refractivity contribution in [3.8, 4) is 0 Å². The highest BCUT2D eigenvalue weighted by Crippen LogP contribution is 2.15. The Morgan fingerprint density at radius 1 is 1.75 bits per heavy atom. The molecule has 1 unspecified atom stereocenters. The van der Waals surface area contributed by atoms with Crippen LogP contribution in [0.15, 0.2) is 0 Å². The number of amides is 1. The summed E-state index contributed by atoms with van der Waals surface area (Å²) in [6.07, 6.45) is 2.00. The molecule has 0 bridgehead atoms. The second kappa shape index (κ2) is 4.10. The maximum atomic E-state index is 11.4. The summed E-state index contributed by atoms with van der Waals surface area (Å²) < 4.78 is 0. The molecule has 1 aliphatic rings. The highest BCUT2D eigenvalue weighted by Gasteiger charge is 2.23. The fraction of sp³-hybridized carbons (Fsp3) is 0.875. The molecular weight excluding hydrogens is 176 g/mol. The molecule has 1 rings (SSSR count). The minimum atomic E-state index is -0.396. The van der Waals surface area contributed by atoms with Gasteiger partial charge < -0.3 is 10.6 Å². The van der Waals surface area contributed by atoms with Crippen LogP contribution in [0.2, 0.25) is 0 Å². The number of carbonyl (C=O) groups is 1. The van der Waals surface area contributed by atoms with Crippen LogP contribution in [0.5, 0.6) is 0 Å². The predicted molar refractivity (Wildman–Crippen MR) is 49.1 cm³/mol. The van der Waals surface area contributed by atoms with Gasteiger partial charge in [0.2, 0.25) is 5.91 Å². The van der Waals surface area contributed by atoms with Gasteiger partial charge in [0.25, 0.3) is 0 Å². The lowest BCUT2D eigenvalue weighted by Gasteiger charge is -2.30. The number of nitrogens with two attached hydrogens (primary N) is 1. The maximum Gasteiger partial charge on any atom is 0.239 e. The number of carbonyl (C=O) groups excluding carboxylic acids is 1. The van der Waals surface area contributed by atoms with Gasteiger partial charge in [-0.05, 0) is 19.8 Å². The van der Waals surface area contributed by atoms with Gasteiger partial charge in [-0.2, -0.15) is 0 Å². The van der Waals surface area contributed by atoms with Crippen LogP contribution in [0, 0.1) is 0 Å². The quantitative estimate of drug-likeness (QED) is 0.615. The largest absolute Gasteiger partial charge is 0.340 e. The number of hydrogen-bond donors (Lipinski definition) is 1. The number of piperidine rings is 1. The molecule has 0 saturated carbocycles. The Bertz CT molecular complexity index is 172. The summed E-state index contributed by atoms with van der Waals surface area (Å²) in [5.74, 6) is 0.0142. The zero-order chi connectivity index (χ0) is 9.14. The number of hydrogen-bond acceptors (Lipinski definition) is 2. The third-order valence-electron chi connectivity index (χ3n) is 2.07. The molecule has 1 aliphatic heterocycles. The third-order valence-corrected chi connectivity index (χ3v) is 2.42. The van der Waals surface area contributed by atoms with E-state index in [4.69, 9.17) is 17.3 Å². The van der Waals surface area contributed by atoms with Crippen LogP contribution in [-0.4, -0.2) is 35.3 Å². The fourth-order valence-corrected chi connectivity index (χ4v) is 1.73. The molecule has 1 amide bonds. The first-order chi connectivity index (χ1) is 5.61. The zero-order valence-electron chi connectivity index (χ0n) is 7.29. The Balaban J connectivity index is 2.46. The molecule has 2 N–H and O–H groups in total. The van der Waals surface area contributed by atoms with Crippen molar-refractivity contribution in [1.29, 1.82) is 0 Å². The SMILES string of the molecule is C[C@H](N)C(=O)N1CCCC(Cl)C1. The Kier molecular flexibility index (Phi) is 3.35. The molecule has 0 aromatic carbocycles. The summed E-state index contributed by atoms with van der Waals surface area (Å²) in [7, 11) is 0. The van der Waals surface area contributed by atoms with Crippen molar-refractivity contribution in [3.63, 3.8) is 0 Å². The molecular formula is C8H15ClN2O. The van der Waals surface area contributed by atoms with E-state index in [2.05, 4.69) is 0 Å². The van der Waals surface area contributed by atoms with Gasteiger partial charge in [-0.25, -0.2) is 0 Å². The summed E-state index contributed by atoms with van der Waals surface area (Å²) in [4.78, 5) is 13.1. The molecule has 12 heavy (non-hydrogen) atoms. The minimum absolute atomic E-state index is 0.0142. The number of likely N-dealkylation sites (tertiary alicyclic amines) is 1. The van der Waals surface area contributed by atoms with Crippen LogP contribution in [-0.2, 0) is 4.79 Å². The molecule has 0 radical (unpaired) electrons. The van der Waals surface area contributed by atoms with E-state index in [1.807, 2.05) is 0 Å². The van der Waals surface area contributed by atoms with Crippen molar-refractivity contribution in [3.05, 3.63) is 0 Å². The van der Waals surface area contributed by atoms with Crippen LogP contribution >= 0.6 is 11.6 Å². The zero-order valence-corrected chi connectivity index (χ0v) is 8.05. The van der Waals surface area contributed by atoms with Crippen LogP contribution in [0.4, 0.5) is 0 Å². The normalized spacial score (nSPS) is 26.9. The second-order valence-electron chi connectivity index (χ2n) is 3.31. The lowest BCUT2D eigenvalue weighted by atomic mass is 10.1. The van der Waals surface area contributed by atoms with E-state index >= 15 is 0 Å². The van der Waals surface area contributed by atoms with E-state index in [0.717, 1.165) is 19.4 Å². The van der Waals surface area contributed by atoms with E-state index in [1.54, 1.807) is 11.8 Å². The van der Waals surface area contributed by atoms with E-state index in [1.165, 1.54) is 0 Å². The molecule has 0 spiro atoms.